The first-order valence-corrected chi connectivity index (χ1v) is 11.9. The molecular weight excluding hydrogens is 440 g/mol. The lowest BCUT2D eigenvalue weighted by atomic mass is 10.1. The molecule has 0 radical (unpaired) electrons. The SMILES string of the molecule is CC[C@H](C(=O)N[C@@H](C)CC)N(Cc1ccccc1Cl)C(=O)CCCOc1ccc(OC)cc1. The van der Waals surface area contributed by atoms with Gasteiger partial charge in [-0.2, -0.15) is 0 Å². The molecule has 0 spiro atoms. The molecule has 0 fully saturated rings. The molecule has 0 aliphatic carbocycles. The first kappa shape index (κ1) is 26.5. The molecule has 7 heteroatoms. The minimum Gasteiger partial charge on any atom is -0.497 e. The van der Waals surface area contributed by atoms with Crippen LogP contribution in [0.25, 0.3) is 0 Å². The van der Waals surface area contributed by atoms with Crippen molar-refractivity contribution in [2.75, 3.05) is 13.7 Å². The average Bonchev–Trinajstić information content (AvgIpc) is 2.83. The van der Waals surface area contributed by atoms with Gasteiger partial charge in [-0.25, -0.2) is 0 Å². The molecule has 0 heterocycles. The Morgan fingerprint density at radius 3 is 2.30 bits per heavy atom. The molecular formula is C26H35ClN2O4. The Balaban J connectivity index is 2.06. The molecule has 0 bridgehead atoms. The minimum absolute atomic E-state index is 0.0433. The summed E-state index contributed by atoms with van der Waals surface area (Å²) in [5, 5.41) is 3.59. The van der Waals surface area contributed by atoms with Crippen molar-refractivity contribution in [1.29, 1.82) is 0 Å². The number of carbonyl (C=O) groups is 2. The third-order valence-electron chi connectivity index (χ3n) is 5.55. The number of nitrogens with zero attached hydrogens (tertiary/aromatic N) is 1. The Kier molecular flexibility index (Phi) is 11.0. The van der Waals surface area contributed by atoms with Crippen LogP contribution in [-0.2, 0) is 16.1 Å². The summed E-state index contributed by atoms with van der Waals surface area (Å²) >= 11 is 6.36. The highest BCUT2D eigenvalue weighted by molar-refractivity contribution is 6.31. The highest BCUT2D eigenvalue weighted by Crippen LogP contribution is 2.21. The Hall–Kier alpha value is -2.73. The van der Waals surface area contributed by atoms with E-state index in [0.29, 0.717) is 24.5 Å². The number of nitrogens with one attached hydrogen (secondary N) is 1. The van der Waals surface area contributed by atoms with Crippen LogP contribution >= 0.6 is 11.6 Å². The van der Waals surface area contributed by atoms with Gasteiger partial charge in [-0.15, -0.1) is 0 Å². The Bertz CT molecular complexity index is 888. The van der Waals surface area contributed by atoms with Gasteiger partial charge in [-0.1, -0.05) is 43.6 Å². The van der Waals surface area contributed by atoms with E-state index in [1.165, 1.54) is 0 Å². The molecule has 1 N–H and O–H groups in total. The van der Waals surface area contributed by atoms with Crippen molar-refractivity contribution in [2.45, 2.75) is 65.1 Å². The topological polar surface area (TPSA) is 67.9 Å². The van der Waals surface area contributed by atoms with Crippen LogP contribution in [0.5, 0.6) is 11.5 Å². The molecule has 180 valence electrons. The number of hydrogen-bond donors (Lipinski definition) is 1. The minimum atomic E-state index is -0.565. The van der Waals surface area contributed by atoms with Gasteiger partial charge in [0.2, 0.25) is 11.8 Å². The fraction of sp³-hybridized carbons (Fsp3) is 0.462. The highest BCUT2D eigenvalue weighted by Gasteiger charge is 2.29. The van der Waals surface area contributed by atoms with E-state index in [0.717, 1.165) is 23.5 Å². The van der Waals surface area contributed by atoms with Crippen molar-refractivity contribution < 1.29 is 19.1 Å². The monoisotopic (exact) mass is 474 g/mol. The lowest BCUT2D eigenvalue weighted by Crippen LogP contribution is -2.50. The maximum atomic E-state index is 13.2. The fourth-order valence-corrected chi connectivity index (χ4v) is 3.60. The van der Waals surface area contributed by atoms with Crippen LogP contribution in [0.2, 0.25) is 5.02 Å². The quantitative estimate of drug-likeness (QED) is 0.403. The average molecular weight is 475 g/mol. The molecule has 6 nitrogen and oxygen atoms in total. The molecule has 2 amide bonds. The first-order valence-electron chi connectivity index (χ1n) is 11.5. The van der Waals surface area contributed by atoms with Crippen LogP contribution in [0.1, 0.15) is 52.0 Å². The van der Waals surface area contributed by atoms with Crippen LogP contribution in [0.15, 0.2) is 48.5 Å². The molecule has 33 heavy (non-hydrogen) atoms. The van der Waals surface area contributed by atoms with Crippen LogP contribution in [-0.4, -0.2) is 42.5 Å². The van der Waals surface area contributed by atoms with Gasteiger partial charge < -0.3 is 19.7 Å². The van der Waals surface area contributed by atoms with E-state index in [2.05, 4.69) is 5.32 Å². The van der Waals surface area contributed by atoms with Crippen molar-refractivity contribution in [1.82, 2.24) is 10.2 Å². The van der Waals surface area contributed by atoms with Crippen molar-refractivity contribution in [3.63, 3.8) is 0 Å². The van der Waals surface area contributed by atoms with E-state index in [4.69, 9.17) is 21.1 Å². The molecule has 2 aromatic rings. The second kappa shape index (κ2) is 13.7. The van der Waals surface area contributed by atoms with Crippen LogP contribution in [0.3, 0.4) is 0 Å². The summed E-state index contributed by atoms with van der Waals surface area (Å²) in [6.45, 7) is 6.57. The van der Waals surface area contributed by atoms with Crippen molar-refractivity contribution >= 4 is 23.4 Å². The molecule has 2 rings (SSSR count). The standard InChI is InChI=1S/C26H35ClN2O4/c1-5-19(3)28-26(31)24(6-2)29(18-20-10-7-8-11-23(20)27)25(30)12-9-17-33-22-15-13-21(32-4)14-16-22/h7-8,10-11,13-16,19,24H,5-6,9,12,17-18H2,1-4H3,(H,28,31)/t19-,24+/m0/s1. The molecule has 0 aliphatic rings. The second-order valence-electron chi connectivity index (χ2n) is 7.98. The fourth-order valence-electron chi connectivity index (χ4n) is 3.40. The number of benzene rings is 2. The third kappa shape index (κ3) is 8.28. The van der Waals surface area contributed by atoms with Crippen LogP contribution in [0.4, 0.5) is 0 Å². The summed E-state index contributed by atoms with van der Waals surface area (Å²) in [4.78, 5) is 27.8. The van der Waals surface area contributed by atoms with Crippen molar-refractivity contribution in [2.24, 2.45) is 0 Å². The second-order valence-corrected chi connectivity index (χ2v) is 8.39. The van der Waals surface area contributed by atoms with E-state index in [1.807, 2.05) is 63.2 Å². The highest BCUT2D eigenvalue weighted by atomic mass is 35.5. The molecule has 0 aromatic heterocycles. The lowest BCUT2D eigenvalue weighted by Gasteiger charge is -2.31. The normalized spacial score (nSPS) is 12.5. The number of amides is 2. The van der Waals surface area contributed by atoms with Crippen molar-refractivity contribution in [3.05, 3.63) is 59.1 Å². The van der Waals surface area contributed by atoms with Gasteiger partial charge >= 0.3 is 0 Å². The van der Waals surface area contributed by atoms with E-state index in [-0.39, 0.29) is 30.8 Å². The zero-order valence-corrected chi connectivity index (χ0v) is 20.7. The zero-order valence-electron chi connectivity index (χ0n) is 20.0. The number of halogens is 1. The number of ether oxygens (including phenoxy) is 2. The molecule has 0 saturated carbocycles. The van der Waals surface area contributed by atoms with Gasteiger partial charge in [0.1, 0.15) is 17.5 Å². The van der Waals surface area contributed by atoms with Gasteiger partial charge in [-0.05, 0) is 62.1 Å². The Morgan fingerprint density at radius 2 is 1.70 bits per heavy atom. The van der Waals surface area contributed by atoms with Gasteiger partial charge in [-0.3, -0.25) is 9.59 Å². The third-order valence-corrected chi connectivity index (χ3v) is 5.92. The number of carbonyl (C=O) groups excluding carboxylic acids is 2. The van der Waals surface area contributed by atoms with Gasteiger partial charge in [0.25, 0.3) is 0 Å². The summed E-state index contributed by atoms with van der Waals surface area (Å²) < 4.78 is 10.9. The largest absolute Gasteiger partial charge is 0.497 e. The Labute approximate surface area is 202 Å². The van der Waals surface area contributed by atoms with Gasteiger partial charge in [0, 0.05) is 24.0 Å². The number of rotatable bonds is 13. The number of methoxy groups -OCH3 is 1. The molecule has 0 saturated heterocycles. The van der Waals surface area contributed by atoms with E-state index in [9.17, 15) is 9.59 Å². The molecule has 2 aromatic carbocycles. The van der Waals surface area contributed by atoms with Crippen LogP contribution in [0, 0.1) is 0 Å². The predicted molar refractivity (Wildman–Crippen MR) is 132 cm³/mol. The first-order chi connectivity index (χ1) is 15.9. The Morgan fingerprint density at radius 1 is 1.03 bits per heavy atom. The van der Waals surface area contributed by atoms with Gasteiger partial charge in [0.15, 0.2) is 0 Å². The molecule has 0 unspecified atom stereocenters. The molecule has 2 atom stereocenters. The van der Waals surface area contributed by atoms with E-state index >= 15 is 0 Å². The predicted octanol–water partition coefficient (Wildman–Crippen LogP) is 5.23. The van der Waals surface area contributed by atoms with E-state index in [1.54, 1.807) is 18.1 Å². The molecule has 0 aliphatic heterocycles. The summed E-state index contributed by atoms with van der Waals surface area (Å²) in [7, 11) is 1.61. The number of hydrogen-bond acceptors (Lipinski definition) is 4. The van der Waals surface area contributed by atoms with E-state index < -0.39 is 6.04 Å². The summed E-state index contributed by atoms with van der Waals surface area (Å²) in [5.41, 5.74) is 0.816. The zero-order chi connectivity index (χ0) is 24.2. The lowest BCUT2D eigenvalue weighted by molar-refractivity contribution is -0.141. The maximum absolute atomic E-state index is 13.2. The van der Waals surface area contributed by atoms with Crippen molar-refractivity contribution in [3.8, 4) is 11.5 Å². The summed E-state index contributed by atoms with van der Waals surface area (Å²) in [6, 6.07) is 14.2. The smallest absolute Gasteiger partial charge is 0.243 e. The summed E-state index contributed by atoms with van der Waals surface area (Å²) in [6.07, 6.45) is 2.14. The van der Waals surface area contributed by atoms with Crippen LogP contribution < -0.4 is 14.8 Å². The van der Waals surface area contributed by atoms with Gasteiger partial charge in [0.05, 0.1) is 13.7 Å². The maximum Gasteiger partial charge on any atom is 0.243 e. The summed E-state index contributed by atoms with van der Waals surface area (Å²) in [5.74, 6) is 1.24.